The van der Waals surface area contributed by atoms with Crippen molar-refractivity contribution in [1.82, 2.24) is 0 Å². The van der Waals surface area contributed by atoms with Gasteiger partial charge in [-0.25, -0.2) is 0 Å². The zero-order chi connectivity index (χ0) is 35.4. The van der Waals surface area contributed by atoms with E-state index in [1.165, 1.54) is 4.88 Å². The molecule has 3 aromatic rings. The first kappa shape index (κ1) is 35.7. The molecule has 2 aliphatic rings. The van der Waals surface area contributed by atoms with Crippen molar-refractivity contribution in [3.8, 4) is 0 Å². The second kappa shape index (κ2) is 12.7. The Bertz CT molecular complexity index is 1860. The molecule has 4 heteroatoms. The fraction of sp³-hybridized carbons (Fsp3) is 0.364. The van der Waals surface area contributed by atoms with Crippen LogP contribution in [0.2, 0.25) is 0 Å². The molecule has 0 atom stereocenters. The van der Waals surface area contributed by atoms with E-state index in [2.05, 4.69) is 161 Å². The van der Waals surface area contributed by atoms with Gasteiger partial charge in [-0.15, -0.1) is 22.7 Å². The molecule has 2 aliphatic carbocycles. The average Bonchev–Trinajstić information content (AvgIpc) is 3.66. The summed E-state index contributed by atoms with van der Waals surface area (Å²) in [7, 11) is 0. The molecule has 0 bridgehead atoms. The summed E-state index contributed by atoms with van der Waals surface area (Å²) in [5.74, 6) is 0.277. The number of allylic oxidation sites excluding steroid dienone is 10. The van der Waals surface area contributed by atoms with Crippen LogP contribution < -0.4 is 0 Å². The third-order valence-electron chi connectivity index (χ3n) is 8.92. The average molecular weight is 675 g/mol. The Morgan fingerprint density at radius 3 is 1.23 bits per heavy atom. The molecule has 0 N–H and O–H groups in total. The van der Waals surface area contributed by atoms with E-state index < -0.39 is 0 Å². The Hall–Kier alpha value is -3.60. The number of thiophene rings is 2. The molecular formula is C44H50O2S2. The van der Waals surface area contributed by atoms with E-state index in [0.29, 0.717) is 0 Å². The van der Waals surface area contributed by atoms with Gasteiger partial charge in [0.1, 0.15) is 0 Å². The minimum atomic E-state index is -0.307. The number of hydrogen-bond acceptors (Lipinski definition) is 4. The fourth-order valence-corrected chi connectivity index (χ4v) is 8.31. The summed E-state index contributed by atoms with van der Waals surface area (Å²) in [6, 6.07) is 19.3. The third-order valence-corrected chi connectivity index (χ3v) is 10.9. The highest BCUT2D eigenvalue weighted by atomic mass is 32.1. The smallest absolute Gasteiger partial charge is 0.186 e. The van der Waals surface area contributed by atoms with Gasteiger partial charge in [-0.1, -0.05) is 119 Å². The highest BCUT2D eigenvalue weighted by Gasteiger charge is 2.36. The molecule has 5 rings (SSSR count). The van der Waals surface area contributed by atoms with Gasteiger partial charge >= 0.3 is 0 Å². The van der Waals surface area contributed by atoms with Gasteiger partial charge in [0.2, 0.25) is 0 Å². The van der Waals surface area contributed by atoms with E-state index in [-0.39, 0.29) is 33.2 Å². The van der Waals surface area contributed by atoms with Crippen LogP contribution in [0.25, 0.3) is 11.1 Å². The quantitative estimate of drug-likeness (QED) is 0.276. The van der Waals surface area contributed by atoms with E-state index in [4.69, 9.17) is 0 Å². The van der Waals surface area contributed by atoms with Crippen LogP contribution in [0.3, 0.4) is 0 Å². The number of Topliss-reactive ketones (excluding diaryl/α,β-unsaturated/α-hetero) is 2. The van der Waals surface area contributed by atoms with Gasteiger partial charge in [0.25, 0.3) is 0 Å². The SMILES string of the molecule is CC(C)(C)C1=CC(=C(c2ccccc2)c2ccc(C(=C3C=C(C(C)(C)C)C(=O)C(C(C)(C)C)=C3)c3cccs3)s2)C=C(C(C)(C)C)C1=O. The normalized spacial score (nSPS) is 16.4. The van der Waals surface area contributed by atoms with Crippen LogP contribution in [0.5, 0.6) is 0 Å². The maximum absolute atomic E-state index is 13.9. The topological polar surface area (TPSA) is 34.1 Å². The summed E-state index contributed by atoms with van der Waals surface area (Å²) in [5, 5.41) is 2.12. The summed E-state index contributed by atoms with van der Waals surface area (Å²) < 4.78 is 0. The number of hydrogen-bond donors (Lipinski definition) is 0. The molecule has 0 amide bonds. The lowest BCUT2D eigenvalue weighted by Crippen LogP contribution is -2.28. The number of benzene rings is 1. The van der Waals surface area contributed by atoms with Gasteiger partial charge in [-0.05, 0) is 86.3 Å². The lowest BCUT2D eigenvalue weighted by molar-refractivity contribution is -0.114. The fourth-order valence-electron chi connectivity index (χ4n) is 6.26. The van der Waals surface area contributed by atoms with E-state index in [1.807, 2.05) is 6.07 Å². The largest absolute Gasteiger partial charge is 0.289 e. The summed E-state index contributed by atoms with van der Waals surface area (Å²) >= 11 is 3.49. The molecule has 0 fully saturated rings. The minimum Gasteiger partial charge on any atom is -0.289 e. The van der Waals surface area contributed by atoms with Crippen LogP contribution in [-0.4, -0.2) is 11.6 Å². The predicted molar refractivity (Wildman–Crippen MR) is 207 cm³/mol. The maximum atomic E-state index is 13.9. The molecule has 0 saturated heterocycles. The van der Waals surface area contributed by atoms with Crippen molar-refractivity contribution < 1.29 is 9.59 Å². The van der Waals surface area contributed by atoms with Crippen LogP contribution in [0.1, 0.15) is 103 Å². The first-order chi connectivity index (χ1) is 22.2. The second-order valence-electron chi connectivity index (χ2n) is 17.1. The Morgan fingerprint density at radius 2 is 0.854 bits per heavy atom. The van der Waals surface area contributed by atoms with Crippen molar-refractivity contribution >= 4 is 45.4 Å². The van der Waals surface area contributed by atoms with Gasteiger partial charge in [-0.2, -0.15) is 0 Å². The summed E-state index contributed by atoms with van der Waals surface area (Å²) in [6.07, 6.45) is 8.51. The van der Waals surface area contributed by atoms with Gasteiger partial charge in [0.15, 0.2) is 11.6 Å². The first-order valence-electron chi connectivity index (χ1n) is 16.8. The molecular weight excluding hydrogens is 625 g/mol. The molecule has 2 heterocycles. The standard InChI is InChI=1S/C44H50O2S2/c1-41(2,3)30-23-28(24-31(39(30)45)42(4,5)6)37(27-17-14-13-15-18-27)35-20-21-36(48-35)38(34-19-16-22-47-34)29-25-32(43(7,8)9)40(46)33(26-29)44(10,11)12/h13-26H,1-12H3. The zero-order valence-electron chi connectivity index (χ0n) is 30.7. The molecule has 0 unspecified atom stereocenters. The Labute approximate surface area is 296 Å². The number of ketones is 2. The molecule has 250 valence electrons. The zero-order valence-corrected chi connectivity index (χ0v) is 32.3. The number of rotatable bonds is 4. The summed E-state index contributed by atoms with van der Waals surface area (Å²) in [5.41, 5.74) is 7.65. The first-order valence-corrected chi connectivity index (χ1v) is 18.5. The number of carbonyl (C=O) groups is 2. The lowest BCUT2D eigenvalue weighted by atomic mass is 9.71. The molecule has 0 saturated carbocycles. The van der Waals surface area contributed by atoms with Gasteiger partial charge < -0.3 is 0 Å². The van der Waals surface area contributed by atoms with Crippen molar-refractivity contribution in [2.45, 2.75) is 83.1 Å². The van der Waals surface area contributed by atoms with Crippen LogP contribution in [-0.2, 0) is 9.59 Å². The van der Waals surface area contributed by atoms with Crippen molar-refractivity contribution in [3.05, 3.63) is 138 Å². The lowest BCUT2D eigenvalue weighted by Gasteiger charge is -2.32. The highest BCUT2D eigenvalue weighted by molar-refractivity contribution is 7.15. The molecule has 2 aromatic heterocycles. The van der Waals surface area contributed by atoms with E-state index in [1.54, 1.807) is 22.7 Å². The predicted octanol–water partition coefficient (Wildman–Crippen LogP) is 12.5. The monoisotopic (exact) mass is 674 g/mol. The summed E-state index contributed by atoms with van der Waals surface area (Å²) in [6.45, 7) is 25.5. The summed E-state index contributed by atoms with van der Waals surface area (Å²) in [4.78, 5) is 31.2. The van der Waals surface area contributed by atoms with E-state index >= 15 is 0 Å². The molecule has 48 heavy (non-hydrogen) atoms. The van der Waals surface area contributed by atoms with E-state index in [9.17, 15) is 9.59 Å². The minimum absolute atomic E-state index is 0.137. The molecule has 0 aliphatic heterocycles. The molecule has 1 aromatic carbocycles. The molecule has 0 radical (unpaired) electrons. The number of carbonyl (C=O) groups excluding carboxylic acids is 2. The van der Waals surface area contributed by atoms with Crippen LogP contribution in [0, 0.1) is 21.7 Å². The Balaban J connectivity index is 1.83. The highest BCUT2D eigenvalue weighted by Crippen LogP contribution is 2.46. The van der Waals surface area contributed by atoms with Crippen LogP contribution >= 0.6 is 22.7 Å². The van der Waals surface area contributed by atoms with Gasteiger partial charge in [-0.3, -0.25) is 9.59 Å². The Morgan fingerprint density at radius 1 is 0.458 bits per heavy atom. The Kier molecular flexibility index (Phi) is 9.44. The maximum Gasteiger partial charge on any atom is 0.186 e. The molecule has 2 nitrogen and oxygen atoms in total. The third kappa shape index (κ3) is 7.21. The molecule has 0 spiro atoms. The van der Waals surface area contributed by atoms with Crippen molar-refractivity contribution in [2.75, 3.05) is 0 Å². The van der Waals surface area contributed by atoms with Crippen molar-refractivity contribution in [3.63, 3.8) is 0 Å². The van der Waals surface area contributed by atoms with Crippen molar-refractivity contribution in [1.29, 1.82) is 0 Å². The van der Waals surface area contributed by atoms with Gasteiger partial charge in [0.05, 0.1) is 0 Å². The van der Waals surface area contributed by atoms with E-state index in [0.717, 1.165) is 59.9 Å². The second-order valence-corrected chi connectivity index (χ2v) is 19.1. The van der Waals surface area contributed by atoms with Crippen molar-refractivity contribution in [2.24, 2.45) is 21.7 Å². The van der Waals surface area contributed by atoms with Crippen LogP contribution in [0.4, 0.5) is 0 Å². The van der Waals surface area contributed by atoms with Crippen LogP contribution in [0.15, 0.2) is 118 Å². The van der Waals surface area contributed by atoms with Gasteiger partial charge in [0, 0.05) is 48.1 Å².